The maximum Gasteiger partial charge on any atom is 0.414 e. The Morgan fingerprint density at radius 2 is 1.85 bits per heavy atom. The highest BCUT2D eigenvalue weighted by Crippen LogP contribution is 2.29. The molecule has 0 spiro atoms. The molecule has 41 heavy (non-hydrogen) atoms. The second-order valence-electron chi connectivity index (χ2n) is 9.69. The third kappa shape index (κ3) is 6.81. The summed E-state index contributed by atoms with van der Waals surface area (Å²) in [5.41, 5.74) is 1.96. The SMILES string of the molecule is CC(=O)NCC1CN(c2ccc(-c3ccc(CNS(=O)(=O)c4ccc(N5CCOCC5)nc4)cc3)c(F)c2)C(=O)O1. The molecule has 1 atom stereocenters. The van der Waals surface area contributed by atoms with Crippen molar-refractivity contribution < 1.29 is 31.9 Å². The van der Waals surface area contributed by atoms with Gasteiger partial charge in [0, 0.05) is 38.3 Å². The molecule has 2 aliphatic heterocycles. The van der Waals surface area contributed by atoms with Crippen LogP contribution in [0.2, 0.25) is 0 Å². The topological polar surface area (TPSA) is 130 Å². The number of rotatable bonds is 9. The summed E-state index contributed by atoms with van der Waals surface area (Å²) in [6, 6.07) is 14.5. The number of benzene rings is 2. The molecule has 2 aromatic carbocycles. The van der Waals surface area contributed by atoms with E-state index in [-0.39, 0.29) is 30.4 Å². The average molecular weight is 584 g/mol. The van der Waals surface area contributed by atoms with Crippen LogP contribution >= 0.6 is 0 Å². The van der Waals surface area contributed by atoms with Crippen LogP contribution in [0.25, 0.3) is 11.1 Å². The lowest BCUT2D eigenvalue weighted by Gasteiger charge is -2.27. The number of morpholine rings is 1. The van der Waals surface area contributed by atoms with Gasteiger partial charge in [0.15, 0.2) is 0 Å². The van der Waals surface area contributed by atoms with E-state index in [9.17, 15) is 18.0 Å². The number of aromatic nitrogens is 1. The van der Waals surface area contributed by atoms with Crippen LogP contribution in [-0.4, -0.2) is 70.9 Å². The van der Waals surface area contributed by atoms with Gasteiger partial charge in [0.05, 0.1) is 32.0 Å². The Labute approximate surface area is 237 Å². The molecule has 3 heterocycles. The number of sulfonamides is 1. The summed E-state index contributed by atoms with van der Waals surface area (Å²) in [5, 5.41) is 2.60. The van der Waals surface area contributed by atoms with Gasteiger partial charge >= 0.3 is 6.09 Å². The van der Waals surface area contributed by atoms with E-state index in [1.165, 1.54) is 30.2 Å². The number of hydrogen-bond donors (Lipinski definition) is 2. The van der Waals surface area contributed by atoms with Gasteiger partial charge in [-0.25, -0.2) is 27.3 Å². The molecule has 0 radical (unpaired) electrons. The Kier molecular flexibility index (Phi) is 8.47. The van der Waals surface area contributed by atoms with Crippen molar-refractivity contribution in [2.75, 3.05) is 49.2 Å². The minimum Gasteiger partial charge on any atom is -0.442 e. The highest BCUT2D eigenvalue weighted by Gasteiger charge is 2.32. The fourth-order valence-electron chi connectivity index (χ4n) is 4.58. The van der Waals surface area contributed by atoms with Crippen LogP contribution in [0.1, 0.15) is 12.5 Å². The fourth-order valence-corrected chi connectivity index (χ4v) is 5.54. The van der Waals surface area contributed by atoms with Crippen molar-refractivity contribution in [1.82, 2.24) is 15.0 Å². The van der Waals surface area contributed by atoms with Crippen LogP contribution in [0, 0.1) is 5.82 Å². The molecule has 13 heteroatoms. The van der Waals surface area contributed by atoms with Crippen LogP contribution in [0.5, 0.6) is 0 Å². The van der Waals surface area contributed by atoms with Crippen molar-refractivity contribution in [3.8, 4) is 11.1 Å². The first kappa shape index (κ1) is 28.5. The Morgan fingerprint density at radius 1 is 1.10 bits per heavy atom. The number of anilines is 2. The first-order chi connectivity index (χ1) is 19.7. The van der Waals surface area contributed by atoms with Crippen molar-refractivity contribution in [2.45, 2.75) is 24.5 Å². The zero-order chi connectivity index (χ0) is 29.0. The van der Waals surface area contributed by atoms with E-state index in [4.69, 9.17) is 9.47 Å². The highest BCUT2D eigenvalue weighted by atomic mass is 32.2. The summed E-state index contributed by atoms with van der Waals surface area (Å²) in [7, 11) is -3.78. The second kappa shape index (κ2) is 12.2. The fraction of sp³-hybridized carbons (Fsp3) is 0.321. The van der Waals surface area contributed by atoms with E-state index >= 15 is 4.39 Å². The predicted octanol–water partition coefficient (Wildman–Crippen LogP) is 2.66. The molecule has 0 aliphatic carbocycles. The van der Waals surface area contributed by atoms with Gasteiger partial charge in [-0.2, -0.15) is 0 Å². The molecule has 2 amide bonds. The first-order valence-corrected chi connectivity index (χ1v) is 14.6. The molecule has 1 unspecified atom stereocenters. The predicted molar refractivity (Wildman–Crippen MR) is 149 cm³/mol. The van der Waals surface area contributed by atoms with Crippen LogP contribution in [0.15, 0.2) is 65.7 Å². The summed E-state index contributed by atoms with van der Waals surface area (Å²) < 4.78 is 53.8. The summed E-state index contributed by atoms with van der Waals surface area (Å²) >= 11 is 0. The van der Waals surface area contributed by atoms with Gasteiger partial charge in [0.1, 0.15) is 22.6 Å². The Bertz CT molecular complexity index is 1510. The average Bonchev–Trinajstić information content (AvgIpc) is 3.36. The quantitative estimate of drug-likeness (QED) is 0.393. The number of nitrogens with one attached hydrogen (secondary N) is 2. The van der Waals surface area contributed by atoms with Crippen molar-refractivity contribution >= 4 is 33.5 Å². The second-order valence-corrected chi connectivity index (χ2v) is 11.5. The molecule has 5 rings (SSSR count). The molecule has 0 bridgehead atoms. The zero-order valence-electron chi connectivity index (χ0n) is 22.4. The number of ether oxygens (including phenoxy) is 2. The molecule has 216 valence electrons. The Hall–Kier alpha value is -4.07. The highest BCUT2D eigenvalue weighted by molar-refractivity contribution is 7.89. The number of pyridine rings is 1. The van der Waals surface area contributed by atoms with E-state index in [1.807, 2.05) is 4.90 Å². The first-order valence-electron chi connectivity index (χ1n) is 13.1. The lowest BCUT2D eigenvalue weighted by Crippen LogP contribution is -2.36. The smallest absolute Gasteiger partial charge is 0.414 e. The zero-order valence-corrected chi connectivity index (χ0v) is 23.2. The minimum atomic E-state index is -3.78. The van der Waals surface area contributed by atoms with E-state index in [0.717, 1.165) is 0 Å². The van der Waals surface area contributed by atoms with Gasteiger partial charge in [-0.1, -0.05) is 24.3 Å². The van der Waals surface area contributed by atoms with Gasteiger partial charge < -0.3 is 19.7 Å². The van der Waals surface area contributed by atoms with Crippen LogP contribution < -0.4 is 19.8 Å². The number of halogens is 1. The molecule has 11 nitrogen and oxygen atoms in total. The third-order valence-corrected chi connectivity index (χ3v) is 8.20. The van der Waals surface area contributed by atoms with Gasteiger partial charge in [0.25, 0.3) is 0 Å². The maximum atomic E-state index is 15.1. The largest absolute Gasteiger partial charge is 0.442 e. The molecule has 0 saturated carbocycles. The molecule has 2 saturated heterocycles. The van der Waals surface area contributed by atoms with Crippen molar-refractivity contribution in [1.29, 1.82) is 0 Å². The van der Waals surface area contributed by atoms with E-state index < -0.39 is 28.0 Å². The standard InChI is InChI=1S/C28H30FN5O6S/c1-19(35)30-16-23-18-34(28(36)40-23)22-6-8-25(26(29)14-22)21-4-2-20(3-5-21)15-32-41(37,38)24-7-9-27(31-17-24)33-10-12-39-13-11-33/h2-9,14,17,23,32H,10-13,15-16,18H2,1H3,(H,30,35). The Balaban J connectivity index is 1.19. The number of amides is 2. The van der Waals surface area contributed by atoms with E-state index in [0.29, 0.717) is 54.5 Å². The lowest BCUT2D eigenvalue weighted by atomic mass is 10.0. The van der Waals surface area contributed by atoms with Gasteiger partial charge in [0.2, 0.25) is 15.9 Å². The van der Waals surface area contributed by atoms with E-state index in [2.05, 4.69) is 15.0 Å². The summed E-state index contributed by atoms with van der Waals surface area (Å²) in [4.78, 5) is 31.1. The maximum absolute atomic E-state index is 15.1. The van der Waals surface area contributed by atoms with Crippen LogP contribution in [-0.2, 0) is 30.8 Å². The van der Waals surface area contributed by atoms with Crippen molar-refractivity contribution in [3.05, 3.63) is 72.2 Å². The van der Waals surface area contributed by atoms with Crippen LogP contribution in [0.4, 0.5) is 20.7 Å². The van der Waals surface area contributed by atoms with Gasteiger partial charge in [-0.3, -0.25) is 9.69 Å². The van der Waals surface area contributed by atoms with Gasteiger partial charge in [-0.15, -0.1) is 0 Å². The van der Waals surface area contributed by atoms with Crippen molar-refractivity contribution in [2.24, 2.45) is 0 Å². The van der Waals surface area contributed by atoms with Gasteiger partial charge in [-0.05, 0) is 41.5 Å². The van der Waals surface area contributed by atoms with E-state index in [1.54, 1.807) is 42.5 Å². The number of hydrogen-bond acceptors (Lipinski definition) is 8. The molecule has 2 fully saturated rings. The number of carbonyl (C=O) groups excluding carboxylic acids is 2. The summed E-state index contributed by atoms with van der Waals surface area (Å²) in [5.74, 6) is -0.0539. The third-order valence-electron chi connectivity index (χ3n) is 6.81. The molecule has 1 aromatic heterocycles. The number of cyclic esters (lactones) is 1. The summed E-state index contributed by atoms with van der Waals surface area (Å²) in [6.07, 6.45) is 0.209. The minimum absolute atomic E-state index is 0.0476. The molecular weight excluding hydrogens is 553 g/mol. The number of carbonyl (C=O) groups is 2. The summed E-state index contributed by atoms with van der Waals surface area (Å²) in [6.45, 7) is 4.42. The van der Waals surface area contributed by atoms with Crippen LogP contribution in [0.3, 0.4) is 0 Å². The lowest BCUT2D eigenvalue weighted by molar-refractivity contribution is -0.119. The Morgan fingerprint density at radius 3 is 2.51 bits per heavy atom. The van der Waals surface area contributed by atoms with Crippen molar-refractivity contribution in [3.63, 3.8) is 0 Å². The number of nitrogens with zero attached hydrogens (tertiary/aromatic N) is 3. The molecule has 3 aromatic rings. The normalized spacial score (nSPS) is 17.4. The molecular formula is C28H30FN5O6S. The monoisotopic (exact) mass is 583 g/mol. The molecule has 2 aliphatic rings. The molecule has 2 N–H and O–H groups in total.